The molecule has 0 unspecified atom stereocenters. The molecule has 1 aromatic heterocycles. The number of rotatable bonds is 4. The third-order valence-corrected chi connectivity index (χ3v) is 2.98. The van der Waals surface area contributed by atoms with Crippen LogP contribution in [0.2, 0.25) is 0 Å². The average molecular weight is 272 g/mol. The molecule has 0 aliphatic carbocycles. The van der Waals surface area contributed by atoms with Gasteiger partial charge in [-0.2, -0.15) is 5.26 Å². The molecule has 0 atom stereocenters. The highest BCUT2D eigenvalue weighted by molar-refractivity contribution is 5.68. The van der Waals surface area contributed by atoms with Crippen LogP contribution in [0, 0.1) is 35.3 Å². The number of aryl methyl sites for hydroxylation is 2. The number of benzene rings is 1. The van der Waals surface area contributed by atoms with Crippen LogP contribution >= 0.6 is 0 Å². The average Bonchev–Trinajstić information content (AvgIpc) is 2.75. The summed E-state index contributed by atoms with van der Waals surface area (Å²) in [6.45, 7) is 3.92. The van der Waals surface area contributed by atoms with Crippen LogP contribution in [0.5, 0.6) is 0 Å². The third-order valence-electron chi connectivity index (χ3n) is 2.98. The molecular formula is C13H12N4O3. The number of aromatic nitrogens is 1. The maximum Gasteiger partial charge on any atom is 0.309 e. The van der Waals surface area contributed by atoms with E-state index in [1.165, 1.54) is 6.07 Å². The van der Waals surface area contributed by atoms with Gasteiger partial charge in [0.2, 0.25) is 0 Å². The van der Waals surface area contributed by atoms with Gasteiger partial charge < -0.3 is 9.84 Å². The SMILES string of the molecule is Cc1noc(C)c1CNc1cccc(C#N)c1[N+](=O)[O-]. The standard InChI is InChI=1S/C13H12N4O3/c1-8-11(9(2)20-16-8)7-15-12-5-3-4-10(6-14)13(12)17(18)19/h3-5,15H,7H2,1-2H3. The van der Waals surface area contributed by atoms with Gasteiger partial charge in [0.25, 0.3) is 0 Å². The van der Waals surface area contributed by atoms with E-state index in [1.807, 2.05) is 6.07 Å². The molecule has 2 aromatic rings. The zero-order valence-electron chi connectivity index (χ0n) is 11.0. The number of nitrogens with zero attached hydrogens (tertiary/aromatic N) is 3. The van der Waals surface area contributed by atoms with E-state index in [-0.39, 0.29) is 11.3 Å². The number of anilines is 1. The van der Waals surface area contributed by atoms with Gasteiger partial charge in [0.1, 0.15) is 23.1 Å². The first-order valence-electron chi connectivity index (χ1n) is 5.87. The van der Waals surface area contributed by atoms with Crippen molar-refractivity contribution in [1.29, 1.82) is 5.26 Å². The maximum atomic E-state index is 11.1. The molecule has 0 saturated heterocycles. The molecule has 0 aliphatic heterocycles. The molecule has 1 heterocycles. The molecule has 2 rings (SSSR count). The van der Waals surface area contributed by atoms with Crippen molar-refractivity contribution in [3.63, 3.8) is 0 Å². The summed E-state index contributed by atoms with van der Waals surface area (Å²) in [5, 5.41) is 26.8. The van der Waals surface area contributed by atoms with Crippen molar-refractivity contribution in [1.82, 2.24) is 5.16 Å². The zero-order valence-corrected chi connectivity index (χ0v) is 11.0. The summed E-state index contributed by atoms with van der Waals surface area (Å²) in [6, 6.07) is 6.40. The Bertz CT molecular complexity index is 681. The van der Waals surface area contributed by atoms with Gasteiger partial charge in [0.15, 0.2) is 0 Å². The molecule has 0 amide bonds. The van der Waals surface area contributed by atoms with E-state index in [9.17, 15) is 10.1 Å². The highest BCUT2D eigenvalue weighted by Gasteiger charge is 2.20. The smallest absolute Gasteiger partial charge is 0.309 e. The number of nitriles is 1. The van der Waals surface area contributed by atoms with Crippen molar-refractivity contribution in [2.24, 2.45) is 0 Å². The zero-order chi connectivity index (χ0) is 14.7. The van der Waals surface area contributed by atoms with Gasteiger partial charge in [-0.05, 0) is 26.0 Å². The Morgan fingerprint density at radius 2 is 2.25 bits per heavy atom. The van der Waals surface area contributed by atoms with E-state index in [0.29, 0.717) is 18.0 Å². The number of hydrogen-bond acceptors (Lipinski definition) is 6. The molecule has 1 aromatic carbocycles. The van der Waals surface area contributed by atoms with Crippen LogP contribution in [0.15, 0.2) is 22.7 Å². The highest BCUT2D eigenvalue weighted by atomic mass is 16.6. The summed E-state index contributed by atoms with van der Waals surface area (Å²) in [4.78, 5) is 10.5. The number of para-hydroxylation sites is 1. The van der Waals surface area contributed by atoms with Gasteiger partial charge in [-0.25, -0.2) is 0 Å². The van der Waals surface area contributed by atoms with Crippen LogP contribution in [0.4, 0.5) is 11.4 Å². The van der Waals surface area contributed by atoms with Gasteiger partial charge in [0, 0.05) is 12.1 Å². The van der Waals surface area contributed by atoms with Crippen LogP contribution in [-0.2, 0) is 6.54 Å². The van der Waals surface area contributed by atoms with E-state index in [2.05, 4.69) is 10.5 Å². The van der Waals surface area contributed by atoms with Gasteiger partial charge >= 0.3 is 5.69 Å². The summed E-state index contributed by atoms with van der Waals surface area (Å²) in [6.07, 6.45) is 0. The molecule has 0 fully saturated rings. The van der Waals surface area contributed by atoms with Crippen molar-refractivity contribution in [2.75, 3.05) is 5.32 Å². The maximum absolute atomic E-state index is 11.1. The number of nitrogens with one attached hydrogen (secondary N) is 1. The molecule has 0 bridgehead atoms. The Hall–Kier alpha value is -2.88. The second-order valence-corrected chi connectivity index (χ2v) is 4.23. The van der Waals surface area contributed by atoms with E-state index >= 15 is 0 Å². The summed E-state index contributed by atoms with van der Waals surface area (Å²) in [7, 11) is 0. The van der Waals surface area contributed by atoms with Gasteiger partial charge in [0.05, 0.1) is 10.6 Å². The van der Waals surface area contributed by atoms with Crippen molar-refractivity contribution < 1.29 is 9.45 Å². The minimum Gasteiger partial charge on any atom is -0.375 e. The lowest BCUT2D eigenvalue weighted by molar-refractivity contribution is -0.384. The topological polar surface area (TPSA) is 105 Å². The first-order valence-corrected chi connectivity index (χ1v) is 5.87. The number of nitro groups is 1. The van der Waals surface area contributed by atoms with E-state index in [0.717, 1.165) is 11.3 Å². The van der Waals surface area contributed by atoms with Crippen molar-refractivity contribution in [3.8, 4) is 6.07 Å². The van der Waals surface area contributed by atoms with Crippen LogP contribution in [0.25, 0.3) is 0 Å². The van der Waals surface area contributed by atoms with Gasteiger partial charge in [-0.3, -0.25) is 10.1 Å². The molecule has 0 aliphatic rings. The largest absolute Gasteiger partial charge is 0.375 e. The molecule has 1 N–H and O–H groups in total. The van der Waals surface area contributed by atoms with Crippen molar-refractivity contribution >= 4 is 11.4 Å². The molecule has 0 radical (unpaired) electrons. The summed E-state index contributed by atoms with van der Waals surface area (Å²) >= 11 is 0. The first-order chi connectivity index (χ1) is 9.54. The predicted octanol–water partition coefficient (Wildman–Crippen LogP) is 2.68. The molecule has 20 heavy (non-hydrogen) atoms. The molecule has 0 spiro atoms. The Labute approximate surface area is 115 Å². The van der Waals surface area contributed by atoms with Crippen LogP contribution in [0.1, 0.15) is 22.6 Å². The van der Waals surface area contributed by atoms with Crippen LogP contribution in [-0.4, -0.2) is 10.1 Å². The van der Waals surface area contributed by atoms with Gasteiger partial charge in [-0.15, -0.1) is 0 Å². The lowest BCUT2D eigenvalue weighted by atomic mass is 10.1. The van der Waals surface area contributed by atoms with Crippen molar-refractivity contribution in [3.05, 3.63) is 50.9 Å². The number of nitro benzene ring substituents is 1. The molecule has 102 valence electrons. The second kappa shape index (κ2) is 5.40. The predicted molar refractivity (Wildman–Crippen MR) is 71.1 cm³/mol. The lowest BCUT2D eigenvalue weighted by Gasteiger charge is -2.07. The van der Waals surface area contributed by atoms with E-state index in [1.54, 1.807) is 26.0 Å². The Morgan fingerprint density at radius 1 is 1.50 bits per heavy atom. The minimum absolute atomic E-state index is 0.0266. The molecular weight excluding hydrogens is 260 g/mol. The van der Waals surface area contributed by atoms with E-state index in [4.69, 9.17) is 9.78 Å². The normalized spacial score (nSPS) is 10.1. The molecule has 7 heteroatoms. The van der Waals surface area contributed by atoms with Crippen LogP contribution < -0.4 is 5.32 Å². The van der Waals surface area contributed by atoms with E-state index < -0.39 is 4.92 Å². The molecule has 0 saturated carbocycles. The van der Waals surface area contributed by atoms with Crippen molar-refractivity contribution in [2.45, 2.75) is 20.4 Å². The third kappa shape index (κ3) is 2.44. The lowest BCUT2D eigenvalue weighted by Crippen LogP contribution is -2.05. The summed E-state index contributed by atoms with van der Waals surface area (Å²) in [5.74, 6) is 0.661. The second-order valence-electron chi connectivity index (χ2n) is 4.23. The quantitative estimate of drug-likeness (QED) is 0.677. The fraction of sp³-hybridized carbons (Fsp3) is 0.231. The highest BCUT2D eigenvalue weighted by Crippen LogP contribution is 2.28. The minimum atomic E-state index is -0.561. The fourth-order valence-corrected chi connectivity index (χ4v) is 1.91. The Balaban J connectivity index is 2.31. The van der Waals surface area contributed by atoms with Crippen LogP contribution in [0.3, 0.4) is 0 Å². The fourth-order valence-electron chi connectivity index (χ4n) is 1.91. The summed E-state index contributed by atoms with van der Waals surface area (Å²) < 4.78 is 5.03. The van der Waals surface area contributed by atoms with Gasteiger partial charge in [-0.1, -0.05) is 11.2 Å². The first kappa shape index (κ1) is 13.5. The molecule has 7 nitrogen and oxygen atoms in total. The monoisotopic (exact) mass is 272 g/mol. The Kier molecular flexibility index (Phi) is 3.66. The Morgan fingerprint density at radius 3 is 2.80 bits per heavy atom. The number of hydrogen-bond donors (Lipinski definition) is 1. The summed E-state index contributed by atoms with van der Waals surface area (Å²) in [5.41, 5.74) is 1.69.